The number of hydrogen-bond acceptors (Lipinski definition) is 4. The van der Waals surface area contributed by atoms with E-state index >= 15 is 0 Å². The Bertz CT molecular complexity index is 678. The first kappa shape index (κ1) is 12.7. The summed E-state index contributed by atoms with van der Waals surface area (Å²) >= 11 is 7.79. The summed E-state index contributed by atoms with van der Waals surface area (Å²) in [6.07, 6.45) is 0.789. The molecule has 2 heterocycles. The Morgan fingerprint density at radius 2 is 2.26 bits per heavy atom. The molecular formula is C14H13ClN2OS. The summed E-state index contributed by atoms with van der Waals surface area (Å²) in [5.74, 6) is 6.44. The summed E-state index contributed by atoms with van der Waals surface area (Å²) in [7, 11) is 0. The van der Waals surface area contributed by atoms with E-state index in [1.54, 1.807) is 11.3 Å². The van der Waals surface area contributed by atoms with Gasteiger partial charge in [0.25, 0.3) is 0 Å². The maximum atomic E-state index is 6.12. The number of benzene rings is 1. The second kappa shape index (κ2) is 5.35. The predicted octanol–water partition coefficient (Wildman–Crippen LogP) is 3.89. The van der Waals surface area contributed by atoms with E-state index in [0.717, 1.165) is 17.6 Å². The molecule has 0 aliphatic heterocycles. The molecule has 0 bridgehead atoms. The molecule has 3 aromatic rings. The summed E-state index contributed by atoms with van der Waals surface area (Å²) in [6.45, 7) is 0. The highest BCUT2D eigenvalue weighted by molar-refractivity contribution is 7.07. The molecule has 0 amide bonds. The smallest absolute Gasteiger partial charge is 0.152 e. The Morgan fingerprint density at radius 3 is 2.95 bits per heavy atom. The molecule has 1 aromatic carbocycles. The van der Waals surface area contributed by atoms with Gasteiger partial charge in [0, 0.05) is 5.39 Å². The van der Waals surface area contributed by atoms with Crippen molar-refractivity contribution in [1.29, 1.82) is 0 Å². The number of hydrogen-bond donors (Lipinski definition) is 2. The van der Waals surface area contributed by atoms with Crippen molar-refractivity contribution in [3.63, 3.8) is 0 Å². The summed E-state index contributed by atoms with van der Waals surface area (Å²) in [5, 5.41) is 5.78. The molecule has 0 aliphatic rings. The number of furan rings is 1. The fourth-order valence-corrected chi connectivity index (χ4v) is 3.01. The van der Waals surface area contributed by atoms with Crippen molar-refractivity contribution in [2.24, 2.45) is 5.84 Å². The van der Waals surface area contributed by atoms with E-state index in [4.69, 9.17) is 21.9 Å². The van der Waals surface area contributed by atoms with Crippen molar-refractivity contribution in [3.8, 4) is 0 Å². The monoisotopic (exact) mass is 292 g/mol. The highest BCUT2D eigenvalue weighted by atomic mass is 35.5. The van der Waals surface area contributed by atoms with Crippen LogP contribution in [0.3, 0.4) is 0 Å². The summed E-state index contributed by atoms with van der Waals surface area (Å²) in [6, 6.07) is 9.72. The summed E-state index contributed by atoms with van der Waals surface area (Å²) in [5.41, 5.74) is 4.75. The fourth-order valence-electron chi connectivity index (χ4n) is 2.11. The molecule has 0 radical (unpaired) electrons. The number of nitrogens with two attached hydrogens (primary N) is 1. The molecule has 0 fully saturated rings. The molecular weight excluding hydrogens is 280 g/mol. The Morgan fingerprint density at radius 1 is 1.37 bits per heavy atom. The normalized spacial score (nSPS) is 12.9. The molecule has 5 heteroatoms. The lowest BCUT2D eigenvalue weighted by atomic mass is 10.1. The van der Waals surface area contributed by atoms with Gasteiger partial charge < -0.3 is 4.42 Å². The van der Waals surface area contributed by atoms with Crippen LogP contribution in [0.2, 0.25) is 5.02 Å². The van der Waals surface area contributed by atoms with Gasteiger partial charge in [-0.15, -0.1) is 0 Å². The third-order valence-corrected chi connectivity index (χ3v) is 4.11. The average molecular weight is 293 g/mol. The zero-order valence-electron chi connectivity index (χ0n) is 10.1. The van der Waals surface area contributed by atoms with Gasteiger partial charge in [0.15, 0.2) is 5.58 Å². The van der Waals surface area contributed by atoms with Crippen LogP contribution in [0.25, 0.3) is 11.0 Å². The molecule has 3 nitrogen and oxygen atoms in total. The number of rotatable bonds is 4. The third-order valence-electron chi connectivity index (χ3n) is 3.08. The number of nitrogens with one attached hydrogen (secondary N) is 1. The van der Waals surface area contributed by atoms with Crippen molar-refractivity contribution in [2.45, 2.75) is 12.5 Å². The highest BCUT2D eigenvalue weighted by Crippen LogP contribution is 2.30. The largest absolute Gasteiger partial charge is 0.458 e. The minimum absolute atomic E-state index is 0.0573. The van der Waals surface area contributed by atoms with E-state index in [-0.39, 0.29) is 6.04 Å². The second-order valence-electron chi connectivity index (χ2n) is 4.36. The van der Waals surface area contributed by atoms with Crippen molar-refractivity contribution >= 4 is 33.9 Å². The van der Waals surface area contributed by atoms with Gasteiger partial charge >= 0.3 is 0 Å². The number of para-hydroxylation sites is 1. The lowest BCUT2D eigenvalue weighted by Crippen LogP contribution is -2.29. The van der Waals surface area contributed by atoms with Crippen LogP contribution in [-0.4, -0.2) is 0 Å². The first-order chi connectivity index (χ1) is 9.28. The maximum absolute atomic E-state index is 6.12. The quantitative estimate of drug-likeness (QED) is 0.566. The summed E-state index contributed by atoms with van der Waals surface area (Å²) < 4.78 is 5.83. The zero-order chi connectivity index (χ0) is 13.2. The third kappa shape index (κ3) is 2.53. The lowest BCUT2D eigenvalue weighted by Gasteiger charge is -2.11. The standard InChI is InChI=1S/C14H13ClN2OS/c15-11-3-1-2-10-7-13(18-14(10)11)12(17-16)6-9-4-5-19-8-9/h1-5,7-8,12,17H,6,16H2. The van der Waals surface area contributed by atoms with Crippen LogP contribution in [0.15, 0.2) is 45.5 Å². The number of thiophene rings is 1. The average Bonchev–Trinajstić information content (AvgIpc) is 3.05. The minimum Gasteiger partial charge on any atom is -0.458 e. The van der Waals surface area contributed by atoms with Gasteiger partial charge in [-0.05, 0) is 40.9 Å². The molecule has 19 heavy (non-hydrogen) atoms. The molecule has 0 spiro atoms. The molecule has 1 atom stereocenters. The van der Waals surface area contributed by atoms with E-state index in [0.29, 0.717) is 10.6 Å². The Balaban J connectivity index is 1.95. The molecule has 0 aliphatic carbocycles. The van der Waals surface area contributed by atoms with Crippen LogP contribution in [-0.2, 0) is 6.42 Å². The maximum Gasteiger partial charge on any atom is 0.152 e. The first-order valence-electron chi connectivity index (χ1n) is 5.93. The van der Waals surface area contributed by atoms with E-state index in [1.807, 2.05) is 24.3 Å². The van der Waals surface area contributed by atoms with Crippen LogP contribution in [0.5, 0.6) is 0 Å². The van der Waals surface area contributed by atoms with Crippen molar-refractivity contribution < 1.29 is 4.42 Å². The Kier molecular flexibility index (Phi) is 3.57. The fraction of sp³-hybridized carbons (Fsp3) is 0.143. The topological polar surface area (TPSA) is 51.2 Å². The molecule has 3 rings (SSSR count). The molecule has 0 saturated heterocycles. The Hall–Kier alpha value is -1.33. The molecule has 98 valence electrons. The second-order valence-corrected chi connectivity index (χ2v) is 5.55. The van der Waals surface area contributed by atoms with E-state index in [2.05, 4.69) is 22.3 Å². The lowest BCUT2D eigenvalue weighted by molar-refractivity contribution is 0.435. The number of hydrazine groups is 1. The van der Waals surface area contributed by atoms with Gasteiger partial charge in [0.1, 0.15) is 5.76 Å². The van der Waals surface area contributed by atoms with Gasteiger partial charge in [-0.25, -0.2) is 5.43 Å². The molecule has 2 aromatic heterocycles. The van der Waals surface area contributed by atoms with Crippen LogP contribution in [0, 0.1) is 0 Å². The van der Waals surface area contributed by atoms with E-state index in [1.165, 1.54) is 5.56 Å². The predicted molar refractivity (Wildman–Crippen MR) is 79.3 cm³/mol. The van der Waals surface area contributed by atoms with Crippen molar-refractivity contribution in [2.75, 3.05) is 0 Å². The molecule has 0 saturated carbocycles. The van der Waals surface area contributed by atoms with Crippen LogP contribution >= 0.6 is 22.9 Å². The van der Waals surface area contributed by atoms with Gasteiger partial charge in [0.2, 0.25) is 0 Å². The van der Waals surface area contributed by atoms with E-state index in [9.17, 15) is 0 Å². The van der Waals surface area contributed by atoms with Crippen molar-refractivity contribution in [3.05, 3.63) is 57.4 Å². The van der Waals surface area contributed by atoms with Gasteiger partial charge in [-0.2, -0.15) is 11.3 Å². The van der Waals surface area contributed by atoms with E-state index < -0.39 is 0 Å². The van der Waals surface area contributed by atoms with Gasteiger partial charge in [-0.1, -0.05) is 23.7 Å². The minimum atomic E-state index is -0.0573. The van der Waals surface area contributed by atoms with Crippen molar-refractivity contribution in [1.82, 2.24) is 5.43 Å². The van der Waals surface area contributed by atoms with Crippen LogP contribution in [0.4, 0.5) is 0 Å². The van der Waals surface area contributed by atoms with Gasteiger partial charge in [0.05, 0.1) is 11.1 Å². The molecule has 3 N–H and O–H groups in total. The SMILES string of the molecule is NNC(Cc1ccsc1)c1cc2cccc(Cl)c2o1. The summed E-state index contributed by atoms with van der Waals surface area (Å²) in [4.78, 5) is 0. The number of halogens is 1. The van der Waals surface area contributed by atoms with Gasteiger partial charge in [-0.3, -0.25) is 5.84 Å². The Labute approximate surface area is 119 Å². The molecule has 1 unspecified atom stereocenters. The van der Waals surface area contributed by atoms with Crippen LogP contribution in [0.1, 0.15) is 17.4 Å². The van der Waals surface area contributed by atoms with Crippen LogP contribution < -0.4 is 11.3 Å². The first-order valence-corrected chi connectivity index (χ1v) is 7.25. The highest BCUT2D eigenvalue weighted by Gasteiger charge is 2.16. The number of fused-ring (bicyclic) bond motifs is 1. The zero-order valence-corrected chi connectivity index (χ0v) is 11.7.